The van der Waals surface area contributed by atoms with Crippen LogP contribution < -0.4 is 5.32 Å². The van der Waals surface area contributed by atoms with Crippen molar-refractivity contribution in [2.75, 3.05) is 7.05 Å². The summed E-state index contributed by atoms with van der Waals surface area (Å²) in [6.07, 6.45) is 11.6. The molecule has 3 heteroatoms. The van der Waals surface area contributed by atoms with Gasteiger partial charge in [0.2, 0.25) is 0 Å². The molecule has 1 atom stereocenters. The molecule has 1 N–H and O–H groups in total. The van der Waals surface area contributed by atoms with E-state index < -0.39 is 0 Å². The van der Waals surface area contributed by atoms with Crippen LogP contribution in [0.2, 0.25) is 0 Å². The third-order valence-electron chi connectivity index (χ3n) is 3.98. The predicted molar refractivity (Wildman–Crippen MR) is 71.0 cm³/mol. The Balaban J connectivity index is 1.83. The largest absolute Gasteiger partial charge is 0.317 e. The van der Waals surface area contributed by atoms with Gasteiger partial charge in [-0.1, -0.05) is 32.1 Å². The van der Waals surface area contributed by atoms with Gasteiger partial charge in [0.05, 0.1) is 5.69 Å². The third-order valence-corrected chi connectivity index (χ3v) is 3.98. The number of hydrogen-bond acceptors (Lipinski definition) is 2. The number of aromatic nitrogens is 2. The first-order valence-corrected chi connectivity index (χ1v) is 6.93. The zero-order valence-electron chi connectivity index (χ0n) is 11.2. The van der Waals surface area contributed by atoms with Gasteiger partial charge in [0.1, 0.15) is 0 Å². The molecule has 17 heavy (non-hydrogen) atoms. The van der Waals surface area contributed by atoms with E-state index in [-0.39, 0.29) is 0 Å². The van der Waals surface area contributed by atoms with Crippen molar-refractivity contribution in [2.45, 2.75) is 51.0 Å². The molecule has 0 bridgehead atoms. The van der Waals surface area contributed by atoms with Crippen molar-refractivity contribution in [3.63, 3.8) is 0 Å². The molecule has 0 spiro atoms. The van der Waals surface area contributed by atoms with Gasteiger partial charge in [-0.15, -0.1) is 0 Å². The summed E-state index contributed by atoms with van der Waals surface area (Å²) in [5, 5.41) is 7.93. The normalized spacial score (nSPS) is 19.4. The Labute approximate surface area is 105 Å². The van der Waals surface area contributed by atoms with Crippen LogP contribution in [0.1, 0.15) is 44.2 Å². The SMILES string of the molecule is CNC(Cc1ccn(C)n1)CC1CCCCC1. The second kappa shape index (κ2) is 6.20. The van der Waals surface area contributed by atoms with Crippen LogP contribution in [0, 0.1) is 5.92 Å². The Morgan fingerprint density at radius 1 is 1.41 bits per heavy atom. The molecule has 0 saturated heterocycles. The van der Waals surface area contributed by atoms with Crippen LogP contribution in [0.5, 0.6) is 0 Å². The molecule has 1 aliphatic carbocycles. The molecular formula is C14H25N3. The molecule has 1 aliphatic rings. The standard InChI is InChI=1S/C14H25N3/c1-15-14(10-12-6-4-3-5-7-12)11-13-8-9-17(2)16-13/h8-9,12,14-15H,3-7,10-11H2,1-2H3. The summed E-state index contributed by atoms with van der Waals surface area (Å²) in [4.78, 5) is 0. The van der Waals surface area contributed by atoms with E-state index in [1.165, 1.54) is 44.2 Å². The zero-order chi connectivity index (χ0) is 12.1. The van der Waals surface area contributed by atoms with Crippen LogP contribution in [0.25, 0.3) is 0 Å². The maximum atomic E-state index is 4.47. The van der Waals surface area contributed by atoms with Gasteiger partial charge in [-0.3, -0.25) is 4.68 Å². The fourth-order valence-electron chi connectivity index (χ4n) is 2.95. The summed E-state index contributed by atoms with van der Waals surface area (Å²) in [6, 6.07) is 2.72. The molecular weight excluding hydrogens is 210 g/mol. The van der Waals surface area contributed by atoms with Crippen LogP contribution in [0.4, 0.5) is 0 Å². The lowest BCUT2D eigenvalue weighted by Crippen LogP contribution is -2.31. The van der Waals surface area contributed by atoms with Crippen molar-refractivity contribution in [3.8, 4) is 0 Å². The Morgan fingerprint density at radius 3 is 2.76 bits per heavy atom. The molecule has 0 aromatic carbocycles. The number of rotatable bonds is 5. The number of hydrogen-bond donors (Lipinski definition) is 1. The number of likely N-dealkylation sites (N-methyl/N-ethyl adjacent to an activating group) is 1. The first-order chi connectivity index (χ1) is 8.28. The second-order valence-corrected chi connectivity index (χ2v) is 5.41. The molecule has 1 aromatic rings. The molecule has 2 rings (SSSR count). The minimum Gasteiger partial charge on any atom is -0.317 e. The highest BCUT2D eigenvalue weighted by Crippen LogP contribution is 2.27. The van der Waals surface area contributed by atoms with E-state index >= 15 is 0 Å². The quantitative estimate of drug-likeness (QED) is 0.850. The fourth-order valence-corrected chi connectivity index (χ4v) is 2.95. The number of nitrogens with zero attached hydrogens (tertiary/aromatic N) is 2. The van der Waals surface area contributed by atoms with Crippen LogP contribution in [0.15, 0.2) is 12.3 Å². The molecule has 1 aromatic heterocycles. The van der Waals surface area contributed by atoms with Crippen LogP contribution >= 0.6 is 0 Å². The molecule has 3 nitrogen and oxygen atoms in total. The monoisotopic (exact) mass is 235 g/mol. The first kappa shape index (κ1) is 12.6. The highest BCUT2D eigenvalue weighted by atomic mass is 15.2. The van der Waals surface area contributed by atoms with Crippen molar-refractivity contribution in [2.24, 2.45) is 13.0 Å². The lowest BCUT2D eigenvalue weighted by atomic mass is 9.84. The highest BCUT2D eigenvalue weighted by molar-refractivity contribution is 5.01. The zero-order valence-corrected chi connectivity index (χ0v) is 11.2. The van der Waals surface area contributed by atoms with E-state index in [1.54, 1.807) is 0 Å². The summed E-state index contributed by atoms with van der Waals surface area (Å²) >= 11 is 0. The Kier molecular flexibility index (Phi) is 4.60. The summed E-state index contributed by atoms with van der Waals surface area (Å²) in [5.74, 6) is 0.935. The highest BCUT2D eigenvalue weighted by Gasteiger charge is 2.18. The topological polar surface area (TPSA) is 29.9 Å². The predicted octanol–water partition coefficient (Wildman–Crippen LogP) is 2.52. The summed E-state index contributed by atoms with van der Waals surface area (Å²) in [6.45, 7) is 0. The van der Waals surface area contributed by atoms with Crippen LogP contribution in [-0.2, 0) is 13.5 Å². The van der Waals surface area contributed by atoms with Gasteiger partial charge in [-0.05, 0) is 25.5 Å². The van der Waals surface area contributed by atoms with Gasteiger partial charge in [-0.2, -0.15) is 5.10 Å². The van der Waals surface area contributed by atoms with Crippen LogP contribution in [0.3, 0.4) is 0 Å². The van der Waals surface area contributed by atoms with Crippen molar-refractivity contribution < 1.29 is 0 Å². The van der Waals surface area contributed by atoms with E-state index in [4.69, 9.17) is 0 Å². The molecule has 96 valence electrons. The maximum absolute atomic E-state index is 4.47. The van der Waals surface area contributed by atoms with Gasteiger partial charge in [0.15, 0.2) is 0 Å². The Morgan fingerprint density at radius 2 is 2.18 bits per heavy atom. The molecule has 0 amide bonds. The smallest absolute Gasteiger partial charge is 0.0639 e. The van der Waals surface area contributed by atoms with E-state index in [9.17, 15) is 0 Å². The molecule has 0 radical (unpaired) electrons. The molecule has 1 unspecified atom stereocenters. The summed E-state index contributed by atoms with van der Waals surface area (Å²) in [7, 11) is 4.06. The van der Waals surface area contributed by atoms with Crippen LogP contribution in [-0.4, -0.2) is 22.9 Å². The van der Waals surface area contributed by atoms with Gasteiger partial charge < -0.3 is 5.32 Å². The van der Waals surface area contributed by atoms with E-state index in [1.807, 2.05) is 17.9 Å². The Hall–Kier alpha value is -0.830. The fraction of sp³-hybridized carbons (Fsp3) is 0.786. The molecule has 1 fully saturated rings. The van der Waals surface area contributed by atoms with E-state index in [0.29, 0.717) is 6.04 Å². The maximum Gasteiger partial charge on any atom is 0.0639 e. The first-order valence-electron chi connectivity index (χ1n) is 6.93. The molecule has 1 heterocycles. The third kappa shape index (κ3) is 3.84. The van der Waals surface area contributed by atoms with Crippen molar-refractivity contribution in [3.05, 3.63) is 18.0 Å². The van der Waals surface area contributed by atoms with Gasteiger partial charge in [0.25, 0.3) is 0 Å². The minimum atomic E-state index is 0.591. The Bertz CT molecular complexity index is 326. The van der Waals surface area contributed by atoms with Gasteiger partial charge >= 0.3 is 0 Å². The lowest BCUT2D eigenvalue weighted by molar-refractivity contribution is 0.302. The van der Waals surface area contributed by atoms with Gasteiger partial charge in [0, 0.05) is 25.7 Å². The average molecular weight is 235 g/mol. The number of nitrogens with one attached hydrogen (secondary N) is 1. The lowest BCUT2D eigenvalue weighted by Gasteiger charge is -2.26. The summed E-state index contributed by atoms with van der Waals surface area (Å²) in [5.41, 5.74) is 1.21. The van der Waals surface area contributed by atoms with Gasteiger partial charge in [-0.25, -0.2) is 0 Å². The van der Waals surface area contributed by atoms with E-state index in [2.05, 4.69) is 23.5 Å². The molecule has 1 saturated carbocycles. The average Bonchev–Trinajstić information content (AvgIpc) is 2.75. The van der Waals surface area contributed by atoms with Crippen molar-refractivity contribution in [1.29, 1.82) is 0 Å². The second-order valence-electron chi connectivity index (χ2n) is 5.41. The molecule has 0 aliphatic heterocycles. The summed E-state index contributed by atoms with van der Waals surface area (Å²) < 4.78 is 1.89. The minimum absolute atomic E-state index is 0.591. The van der Waals surface area contributed by atoms with E-state index in [0.717, 1.165) is 12.3 Å². The van der Waals surface area contributed by atoms with Crippen molar-refractivity contribution in [1.82, 2.24) is 15.1 Å². The number of aryl methyl sites for hydroxylation is 1. The van der Waals surface area contributed by atoms with Crippen molar-refractivity contribution >= 4 is 0 Å².